The van der Waals surface area contributed by atoms with Crippen LogP contribution in [0.15, 0.2) is 0 Å². The van der Waals surface area contributed by atoms with Crippen molar-refractivity contribution < 1.29 is 14.2 Å². The first-order valence-corrected chi connectivity index (χ1v) is 11.2. The summed E-state index contributed by atoms with van der Waals surface area (Å²) in [6, 6.07) is 0. The van der Waals surface area contributed by atoms with Crippen LogP contribution in [0.4, 0.5) is 0 Å². The minimum absolute atomic E-state index is 0.392. The van der Waals surface area contributed by atoms with Crippen LogP contribution < -0.4 is 0 Å². The molecule has 2 rings (SSSR count). The first kappa shape index (κ1) is 22.9. The van der Waals surface area contributed by atoms with Crippen molar-refractivity contribution in [1.82, 2.24) is 0 Å². The summed E-state index contributed by atoms with van der Waals surface area (Å²) in [5.41, 5.74) is 0. The van der Waals surface area contributed by atoms with Crippen LogP contribution in [0, 0.1) is 0 Å². The Balaban J connectivity index is 0.000000286. The Hall–Kier alpha value is -0.120. The van der Waals surface area contributed by atoms with E-state index in [4.69, 9.17) is 14.2 Å². The maximum atomic E-state index is 5.23. The van der Waals surface area contributed by atoms with E-state index < -0.39 is 0 Å². The van der Waals surface area contributed by atoms with Crippen LogP contribution in [0.3, 0.4) is 0 Å². The smallest absolute Gasteiger partial charge is 0.104 e. The monoisotopic (exact) mass is 356 g/mol. The van der Waals surface area contributed by atoms with Crippen LogP contribution in [0.5, 0.6) is 0 Å². The number of hydrogen-bond acceptors (Lipinski definition) is 3. The van der Waals surface area contributed by atoms with Crippen molar-refractivity contribution in [2.75, 3.05) is 26.4 Å². The third-order valence-corrected chi connectivity index (χ3v) is 4.87. The van der Waals surface area contributed by atoms with Crippen molar-refractivity contribution in [2.45, 2.75) is 116 Å². The number of hydrogen-bond donors (Lipinski definition) is 0. The van der Waals surface area contributed by atoms with Gasteiger partial charge >= 0.3 is 0 Å². The van der Waals surface area contributed by atoms with E-state index in [1.165, 1.54) is 89.9 Å². The average Bonchev–Trinajstić information content (AvgIpc) is 3.52. The molecule has 2 atom stereocenters. The number of unbranched alkanes of at least 4 members (excludes halogenated alkanes) is 13. The second-order valence-corrected chi connectivity index (χ2v) is 7.69. The molecule has 2 fully saturated rings. The third-order valence-electron chi connectivity index (χ3n) is 4.87. The first-order chi connectivity index (χ1) is 12.4. The molecule has 0 saturated carbocycles. The van der Waals surface area contributed by atoms with Crippen LogP contribution in [0.25, 0.3) is 0 Å². The zero-order chi connectivity index (χ0) is 18.0. The highest BCUT2D eigenvalue weighted by molar-refractivity contribution is 4.71. The van der Waals surface area contributed by atoms with Crippen molar-refractivity contribution in [3.8, 4) is 0 Å². The van der Waals surface area contributed by atoms with Gasteiger partial charge in [0.25, 0.3) is 0 Å². The van der Waals surface area contributed by atoms with E-state index in [-0.39, 0.29) is 0 Å². The molecule has 0 aromatic rings. The maximum Gasteiger partial charge on any atom is 0.104 e. The van der Waals surface area contributed by atoms with Gasteiger partial charge in [-0.2, -0.15) is 0 Å². The number of epoxide rings is 2. The predicted molar refractivity (Wildman–Crippen MR) is 106 cm³/mol. The van der Waals surface area contributed by atoms with Gasteiger partial charge < -0.3 is 14.2 Å². The fourth-order valence-corrected chi connectivity index (χ4v) is 2.93. The lowest BCUT2D eigenvalue weighted by atomic mass is 10.0. The minimum atomic E-state index is 0.392. The largest absolute Gasteiger partial charge is 0.376 e. The molecule has 2 saturated heterocycles. The SMILES string of the molecule is C(OCC1CO1)C1CO1.CCCCCCCCCCCCCCCC. The summed E-state index contributed by atoms with van der Waals surface area (Å²) in [5.74, 6) is 0. The van der Waals surface area contributed by atoms with Crippen LogP contribution in [-0.2, 0) is 14.2 Å². The van der Waals surface area contributed by atoms with E-state index >= 15 is 0 Å². The number of ether oxygens (including phenoxy) is 3. The maximum absolute atomic E-state index is 5.23. The van der Waals surface area contributed by atoms with Crippen molar-refractivity contribution in [3.63, 3.8) is 0 Å². The molecule has 2 heterocycles. The van der Waals surface area contributed by atoms with E-state index in [0.29, 0.717) is 12.2 Å². The van der Waals surface area contributed by atoms with Crippen LogP contribution in [0.1, 0.15) is 104 Å². The molecule has 0 aliphatic carbocycles. The molecule has 25 heavy (non-hydrogen) atoms. The van der Waals surface area contributed by atoms with Crippen molar-refractivity contribution in [2.24, 2.45) is 0 Å². The van der Waals surface area contributed by atoms with E-state index in [1.54, 1.807) is 0 Å². The molecule has 2 aliphatic rings. The summed E-state index contributed by atoms with van der Waals surface area (Å²) in [5, 5.41) is 0. The topological polar surface area (TPSA) is 34.3 Å². The Labute approximate surface area is 157 Å². The highest BCUT2D eigenvalue weighted by atomic mass is 16.6. The fraction of sp³-hybridized carbons (Fsp3) is 1.00. The molecular weight excluding hydrogens is 312 g/mol. The zero-order valence-corrected chi connectivity index (χ0v) is 17.1. The molecule has 150 valence electrons. The second kappa shape index (κ2) is 17.3. The fourth-order valence-electron chi connectivity index (χ4n) is 2.93. The predicted octanol–water partition coefficient (Wildman–Crippen LogP) is 6.29. The Bertz CT molecular complexity index is 236. The highest BCUT2D eigenvalue weighted by Crippen LogP contribution is 2.13. The molecule has 0 spiro atoms. The van der Waals surface area contributed by atoms with Gasteiger partial charge in [-0.3, -0.25) is 0 Å². The molecule has 3 heteroatoms. The van der Waals surface area contributed by atoms with Crippen LogP contribution >= 0.6 is 0 Å². The molecule has 2 unspecified atom stereocenters. The summed E-state index contributed by atoms with van der Waals surface area (Å²) in [6.45, 7) is 7.84. The van der Waals surface area contributed by atoms with Crippen LogP contribution in [0.2, 0.25) is 0 Å². The van der Waals surface area contributed by atoms with Gasteiger partial charge in [-0.1, -0.05) is 104 Å². The molecular formula is C22H44O3. The van der Waals surface area contributed by atoms with Gasteiger partial charge in [-0.05, 0) is 0 Å². The summed E-state index contributed by atoms with van der Waals surface area (Å²) >= 11 is 0. The van der Waals surface area contributed by atoms with Gasteiger partial charge in [0, 0.05) is 0 Å². The van der Waals surface area contributed by atoms with E-state index in [9.17, 15) is 0 Å². The first-order valence-electron chi connectivity index (χ1n) is 11.2. The standard InChI is InChI=1S/C16H34.C6H10O3/c1-3-5-7-9-11-13-15-16-14-12-10-8-6-4-2;1(5-3-8-5)7-2-6-4-9-6/h3-16H2,1-2H3;5-6H,1-4H2. The molecule has 0 amide bonds. The number of rotatable bonds is 17. The Morgan fingerprint density at radius 1 is 0.560 bits per heavy atom. The van der Waals surface area contributed by atoms with Crippen molar-refractivity contribution >= 4 is 0 Å². The lowest BCUT2D eigenvalue weighted by molar-refractivity contribution is 0.102. The molecule has 0 radical (unpaired) electrons. The lowest BCUT2D eigenvalue weighted by Crippen LogP contribution is -2.06. The summed E-state index contributed by atoms with van der Waals surface area (Å²) in [7, 11) is 0. The summed E-state index contributed by atoms with van der Waals surface area (Å²) in [4.78, 5) is 0. The van der Waals surface area contributed by atoms with E-state index in [2.05, 4.69) is 13.8 Å². The molecule has 0 N–H and O–H groups in total. The van der Waals surface area contributed by atoms with Crippen molar-refractivity contribution in [3.05, 3.63) is 0 Å². The Kier molecular flexibility index (Phi) is 15.9. The molecule has 0 aromatic heterocycles. The quantitative estimate of drug-likeness (QED) is 0.227. The summed E-state index contributed by atoms with van der Waals surface area (Å²) < 4.78 is 15.1. The van der Waals surface area contributed by atoms with Gasteiger partial charge in [0.15, 0.2) is 0 Å². The van der Waals surface area contributed by atoms with Gasteiger partial charge in [0.05, 0.1) is 26.4 Å². The minimum Gasteiger partial charge on any atom is -0.376 e. The van der Waals surface area contributed by atoms with Crippen molar-refractivity contribution in [1.29, 1.82) is 0 Å². The average molecular weight is 357 g/mol. The second-order valence-electron chi connectivity index (χ2n) is 7.69. The third kappa shape index (κ3) is 18.5. The van der Waals surface area contributed by atoms with Gasteiger partial charge in [0.1, 0.15) is 12.2 Å². The molecule has 2 aliphatic heterocycles. The van der Waals surface area contributed by atoms with Gasteiger partial charge in [-0.15, -0.1) is 0 Å². The lowest BCUT2D eigenvalue weighted by Gasteiger charge is -2.02. The van der Waals surface area contributed by atoms with E-state index in [0.717, 1.165) is 26.4 Å². The normalized spacial score (nSPS) is 20.9. The summed E-state index contributed by atoms with van der Waals surface area (Å²) in [6.07, 6.45) is 21.2. The molecule has 0 bridgehead atoms. The molecule has 0 aromatic carbocycles. The Morgan fingerprint density at radius 2 is 0.840 bits per heavy atom. The molecule has 3 nitrogen and oxygen atoms in total. The van der Waals surface area contributed by atoms with Gasteiger partial charge in [0.2, 0.25) is 0 Å². The van der Waals surface area contributed by atoms with E-state index in [1.807, 2.05) is 0 Å². The van der Waals surface area contributed by atoms with Gasteiger partial charge in [-0.25, -0.2) is 0 Å². The Morgan fingerprint density at radius 3 is 1.08 bits per heavy atom. The van der Waals surface area contributed by atoms with Crippen LogP contribution in [-0.4, -0.2) is 38.6 Å². The highest BCUT2D eigenvalue weighted by Gasteiger charge is 2.26. The zero-order valence-electron chi connectivity index (χ0n) is 17.1.